The van der Waals surface area contributed by atoms with Crippen LogP contribution in [0.15, 0.2) is 0 Å². The molecular weight excluding hydrogens is 420 g/mol. The van der Waals surface area contributed by atoms with E-state index in [0.717, 1.165) is 0 Å². The Balaban J connectivity index is -0.000000267. The first-order valence-corrected chi connectivity index (χ1v) is 10.4. The van der Waals surface area contributed by atoms with Crippen molar-refractivity contribution < 1.29 is 32.0 Å². The van der Waals surface area contributed by atoms with Crippen LogP contribution >= 0.6 is 18.8 Å². The second kappa shape index (κ2) is 10.9. The van der Waals surface area contributed by atoms with E-state index in [-0.39, 0.29) is 7.85 Å². The van der Waals surface area contributed by atoms with Crippen LogP contribution in [0, 0.1) is 0 Å². The van der Waals surface area contributed by atoms with Gasteiger partial charge in [0.25, 0.3) is 0 Å². The Morgan fingerprint density at radius 2 is 2.15 bits per heavy atom. The molecule has 0 aromatic rings. The van der Waals surface area contributed by atoms with Crippen LogP contribution in [0.25, 0.3) is 0 Å². The monoisotopic (exact) mass is 431 g/mol. The van der Waals surface area contributed by atoms with Gasteiger partial charge < -0.3 is 10.8 Å². The van der Waals surface area contributed by atoms with Crippen LogP contribution in [0.1, 0.15) is 7.85 Å². The first kappa shape index (κ1) is 16.3. The Morgan fingerprint density at radius 3 is 2.38 bits per heavy atom. The quantitative estimate of drug-likeness (QED) is 0.684. The van der Waals surface area contributed by atoms with E-state index >= 15 is 0 Å². The number of hydrogen-bond acceptors (Lipinski definition) is 3. The van der Waals surface area contributed by atoms with E-state index in [4.69, 9.17) is 29.7 Å². The minimum absolute atomic E-state index is 0. The van der Waals surface area contributed by atoms with E-state index in [1.165, 1.54) is 6.26 Å². The van der Waals surface area contributed by atoms with Crippen LogP contribution in [0.5, 0.6) is 0 Å². The molecule has 0 saturated heterocycles. The van der Waals surface area contributed by atoms with Crippen LogP contribution in [0.2, 0.25) is 0 Å². The molecule has 4 nitrogen and oxygen atoms in total. The molecule has 0 aliphatic heterocycles. The molecular formula is C5H12Cl2NO3PtS+. The Kier molecular flexibility index (Phi) is 13.7. The van der Waals surface area contributed by atoms with Crippen molar-refractivity contribution in [1.82, 2.24) is 0 Å². The van der Waals surface area contributed by atoms with Crippen LogP contribution in [-0.2, 0) is 32.1 Å². The van der Waals surface area contributed by atoms with Crippen molar-refractivity contribution >= 4 is 35.6 Å². The normalized spacial score (nSPS) is 14.2. The predicted octanol–water partition coefficient (Wildman–Crippen LogP) is 0.656. The molecule has 0 radical (unpaired) electrons. The second-order valence-electron chi connectivity index (χ2n) is 2.06. The van der Waals surface area contributed by atoms with Gasteiger partial charge in [0.1, 0.15) is 6.04 Å². The molecule has 0 fully saturated rings. The molecule has 0 saturated carbocycles. The third-order valence-electron chi connectivity index (χ3n) is 1.03. The van der Waals surface area contributed by atoms with Gasteiger partial charge >= 0.3 is 42.7 Å². The standard InChI is InChI=1S/C5H11NO3S.2ClH.Pt/c1-10(9)3-2-4(6)5(7)8;;;/h4H,2-3,6H2,1H3,(H,7,8);2*1H;/q;;;+2/p-1/t4-,10?;;;/m0.../s1. The van der Waals surface area contributed by atoms with E-state index < -0.39 is 39.3 Å². The Bertz CT molecular complexity index is 177. The minimum Gasteiger partial charge on any atom is 1.00 e. The van der Waals surface area contributed by atoms with Gasteiger partial charge in [-0.15, -0.1) is 0 Å². The molecule has 0 aromatic heterocycles. The SMILES string of the molecule is CS(=O)CC[C@H](N)C(=O)O.[Cl][Pt][Cl].[H+]. The van der Waals surface area contributed by atoms with Gasteiger partial charge in [0, 0.05) is 22.8 Å². The van der Waals surface area contributed by atoms with Gasteiger partial charge in [0.2, 0.25) is 0 Å². The molecule has 0 aliphatic carbocycles. The number of nitrogens with two attached hydrogens (primary N) is 1. The maximum Gasteiger partial charge on any atom is 1.00 e. The third kappa shape index (κ3) is 15.6. The zero-order valence-corrected chi connectivity index (χ0v) is 11.4. The fourth-order valence-electron chi connectivity index (χ4n) is 0.416. The largest absolute Gasteiger partial charge is 1.00 e. The van der Waals surface area contributed by atoms with E-state index in [1.807, 2.05) is 0 Å². The van der Waals surface area contributed by atoms with Crippen LogP contribution in [0.4, 0.5) is 0 Å². The fraction of sp³-hybridized carbons (Fsp3) is 0.800. The Hall–Kier alpha value is 0.848. The van der Waals surface area contributed by atoms with Crippen molar-refractivity contribution in [3.8, 4) is 0 Å². The summed E-state index contributed by atoms with van der Waals surface area (Å²) >= 11 is -0.472. The summed E-state index contributed by atoms with van der Waals surface area (Å²) in [6.07, 6.45) is 1.80. The number of hydrogen-bond donors (Lipinski definition) is 2. The molecule has 0 amide bonds. The first-order chi connectivity index (χ1) is 5.95. The summed E-state index contributed by atoms with van der Waals surface area (Å²) in [6.45, 7) is 0. The van der Waals surface area contributed by atoms with Crippen molar-refractivity contribution in [2.75, 3.05) is 12.0 Å². The molecule has 0 bridgehead atoms. The maximum absolute atomic E-state index is 10.4. The molecule has 0 aromatic carbocycles. The summed E-state index contributed by atoms with van der Waals surface area (Å²) in [5.41, 5.74) is 5.13. The van der Waals surface area contributed by atoms with Gasteiger partial charge in [-0.2, -0.15) is 0 Å². The van der Waals surface area contributed by atoms with Crippen molar-refractivity contribution in [3.05, 3.63) is 0 Å². The molecule has 3 N–H and O–H groups in total. The van der Waals surface area contributed by atoms with Gasteiger partial charge in [-0.3, -0.25) is 9.00 Å². The zero-order valence-electron chi connectivity index (χ0n) is 7.81. The molecule has 2 atom stereocenters. The molecule has 0 rings (SSSR count). The molecule has 8 heteroatoms. The first-order valence-electron chi connectivity index (χ1n) is 3.06. The molecule has 84 valence electrons. The van der Waals surface area contributed by atoms with Crippen molar-refractivity contribution in [3.63, 3.8) is 0 Å². The molecule has 0 spiro atoms. The van der Waals surface area contributed by atoms with Gasteiger partial charge in [0.15, 0.2) is 0 Å². The summed E-state index contributed by atoms with van der Waals surface area (Å²) in [5, 5.41) is 8.27. The Labute approximate surface area is 97.5 Å². The van der Waals surface area contributed by atoms with Gasteiger partial charge in [-0.25, -0.2) is 0 Å². The van der Waals surface area contributed by atoms with E-state index in [0.29, 0.717) is 5.75 Å². The fourth-order valence-corrected chi connectivity index (χ4v) is 1.00. The average molecular weight is 432 g/mol. The predicted molar refractivity (Wildman–Crippen MR) is 52.0 cm³/mol. The summed E-state index contributed by atoms with van der Waals surface area (Å²) in [6, 6.07) is -0.871. The van der Waals surface area contributed by atoms with Crippen molar-refractivity contribution in [2.45, 2.75) is 12.5 Å². The maximum atomic E-state index is 10.4. The van der Waals surface area contributed by atoms with Crippen LogP contribution in [-0.4, -0.2) is 33.3 Å². The molecule has 0 heterocycles. The number of halogens is 2. The van der Waals surface area contributed by atoms with Crippen LogP contribution in [0.3, 0.4) is 0 Å². The Morgan fingerprint density at radius 1 is 1.77 bits per heavy atom. The number of carbonyl (C=O) groups is 1. The summed E-state index contributed by atoms with van der Waals surface area (Å²) in [4.78, 5) is 10.1. The number of carboxylic acids is 1. The van der Waals surface area contributed by atoms with E-state index in [9.17, 15) is 9.00 Å². The molecule has 13 heavy (non-hydrogen) atoms. The third-order valence-corrected chi connectivity index (χ3v) is 1.84. The van der Waals surface area contributed by atoms with Gasteiger partial charge in [-0.05, 0) is 6.42 Å². The molecule has 1 unspecified atom stereocenters. The smallest absolute Gasteiger partial charge is 1.00 e. The van der Waals surface area contributed by atoms with Crippen molar-refractivity contribution in [2.24, 2.45) is 5.73 Å². The summed E-state index contributed by atoms with van der Waals surface area (Å²) < 4.78 is 10.4. The van der Waals surface area contributed by atoms with Gasteiger partial charge in [-0.1, -0.05) is 0 Å². The van der Waals surface area contributed by atoms with E-state index in [1.54, 1.807) is 0 Å². The van der Waals surface area contributed by atoms with Gasteiger partial charge in [0.05, 0.1) is 0 Å². The van der Waals surface area contributed by atoms with Crippen molar-refractivity contribution in [1.29, 1.82) is 0 Å². The minimum atomic E-state index is -1.04. The number of aliphatic carboxylic acids is 1. The topological polar surface area (TPSA) is 80.4 Å². The average Bonchev–Trinajstić information content (AvgIpc) is 2.01. The summed E-state index contributed by atoms with van der Waals surface area (Å²) in [7, 11) is 8.80. The second-order valence-corrected chi connectivity index (χ2v) is 6.89. The summed E-state index contributed by atoms with van der Waals surface area (Å²) in [5.74, 6) is -0.682. The van der Waals surface area contributed by atoms with E-state index in [2.05, 4.69) is 0 Å². The molecule has 0 aliphatic rings. The number of rotatable bonds is 4. The zero-order chi connectivity index (χ0) is 10.9. The number of carboxylic acid groups (broad SMARTS) is 1. The van der Waals surface area contributed by atoms with Crippen LogP contribution < -0.4 is 5.73 Å².